The molecule has 0 spiro atoms. The molecule has 1 aliphatic heterocycles. The van der Waals surface area contributed by atoms with Crippen LogP contribution in [0, 0.1) is 10.1 Å². The van der Waals surface area contributed by atoms with Crippen LogP contribution in [0.15, 0.2) is 70.0 Å². The van der Waals surface area contributed by atoms with Gasteiger partial charge in [0.2, 0.25) is 5.91 Å². The van der Waals surface area contributed by atoms with Gasteiger partial charge in [0.05, 0.1) is 32.7 Å². The number of halogens is 4. The molecule has 3 aromatic rings. The van der Waals surface area contributed by atoms with Gasteiger partial charge in [-0.15, -0.1) is 0 Å². The maximum absolute atomic E-state index is 13.1. The minimum absolute atomic E-state index is 0.0314. The van der Waals surface area contributed by atoms with Gasteiger partial charge in [0.25, 0.3) is 16.8 Å². The van der Waals surface area contributed by atoms with Crippen molar-refractivity contribution in [2.24, 2.45) is 0 Å². The lowest BCUT2D eigenvalue weighted by Crippen LogP contribution is -2.36. The van der Waals surface area contributed by atoms with E-state index in [1.165, 1.54) is 25.3 Å². The summed E-state index contributed by atoms with van der Waals surface area (Å²) in [4.78, 5) is 49.0. The zero-order chi connectivity index (χ0) is 30.6. The Bertz CT molecular complexity index is 1600. The Morgan fingerprint density at radius 1 is 1.10 bits per heavy atom. The molecule has 0 atom stereocenters. The van der Waals surface area contributed by atoms with Crippen LogP contribution in [0.4, 0.5) is 29.3 Å². The fraction of sp³-hybridized carbons (Fsp3) is 0.148. The van der Waals surface area contributed by atoms with Crippen LogP contribution in [0.3, 0.4) is 0 Å². The molecule has 3 amide bonds. The highest BCUT2D eigenvalue weighted by atomic mass is 79.9. The summed E-state index contributed by atoms with van der Waals surface area (Å²) >= 11 is 4.00. The Hall–Kier alpha value is -4.37. The van der Waals surface area contributed by atoms with E-state index in [1.807, 2.05) is 0 Å². The van der Waals surface area contributed by atoms with E-state index in [0.29, 0.717) is 44.1 Å². The molecule has 3 aromatic carbocycles. The molecule has 0 bridgehead atoms. The summed E-state index contributed by atoms with van der Waals surface area (Å²) in [5.41, 5.74) is -0.0681. The van der Waals surface area contributed by atoms with Crippen LogP contribution in [0.5, 0.6) is 11.5 Å². The number of nitrogens with one attached hydrogen (secondary N) is 1. The summed E-state index contributed by atoms with van der Waals surface area (Å²) in [6.45, 7) is -0.580. The number of amides is 3. The van der Waals surface area contributed by atoms with Gasteiger partial charge in [-0.1, -0.05) is 6.07 Å². The van der Waals surface area contributed by atoms with Crippen molar-refractivity contribution in [3.8, 4) is 11.5 Å². The zero-order valence-electron chi connectivity index (χ0n) is 21.4. The molecule has 0 aromatic heterocycles. The van der Waals surface area contributed by atoms with E-state index in [4.69, 9.17) is 9.47 Å². The fourth-order valence-electron chi connectivity index (χ4n) is 3.70. The van der Waals surface area contributed by atoms with Crippen molar-refractivity contribution in [2.75, 3.05) is 19.0 Å². The summed E-state index contributed by atoms with van der Waals surface area (Å²) < 4.78 is 50.6. The molecule has 42 heavy (non-hydrogen) atoms. The number of imide groups is 1. The van der Waals surface area contributed by atoms with Gasteiger partial charge in [0, 0.05) is 12.1 Å². The number of nitro benzene ring substituents is 1. The SMILES string of the molecule is COc1ccc(C(F)(F)F)cc1NC(=O)CN1C(=O)S/C(=C\c2ccc(OCc3ccc([N+](=O)[O-])cc3)c(Br)c2)C1=O. The smallest absolute Gasteiger partial charge is 0.416 e. The average molecular weight is 666 g/mol. The summed E-state index contributed by atoms with van der Waals surface area (Å²) in [5, 5.41) is 12.3. The summed E-state index contributed by atoms with van der Waals surface area (Å²) in [7, 11) is 1.22. The minimum Gasteiger partial charge on any atom is -0.495 e. The standard InChI is InChI=1S/C27H19BrF3N3O7S/c1-40-22-9-5-17(27(29,30)31)12-20(22)32-24(35)13-33-25(36)23(42-26(33)37)11-16-4-8-21(19(28)10-16)41-14-15-2-6-18(7-3-15)34(38)39/h2-12H,13-14H2,1H3,(H,32,35)/b23-11-. The Labute approximate surface area is 248 Å². The molecular formula is C27H19BrF3N3O7S. The number of nitro groups is 1. The van der Waals surface area contributed by atoms with Crippen molar-refractivity contribution in [3.05, 3.63) is 96.8 Å². The molecule has 0 aliphatic carbocycles. The van der Waals surface area contributed by atoms with Gasteiger partial charge in [-0.25, -0.2) is 0 Å². The van der Waals surface area contributed by atoms with Gasteiger partial charge in [-0.3, -0.25) is 29.4 Å². The normalized spacial score (nSPS) is 14.3. The molecule has 10 nitrogen and oxygen atoms in total. The number of non-ortho nitro benzene ring substituents is 1. The number of hydrogen-bond donors (Lipinski definition) is 1. The first-order valence-corrected chi connectivity index (χ1v) is 13.4. The van der Waals surface area contributed by atoms with E-state index in [0.717, 1.165) is 12.1 Å². The topological polar surface area (TPSA) is 128 Å². The van der Waals surface area contributed by atoms with E-state index in [2.05, 4.69) is 21.2 Å². The number of nitrogens with zero attached hydrogens (tertiary/aromatic N) is 2. The predicted molar refractivity (Wildman–Crippen MR) is 151 cm³/mol. The number of ether oxygens (including phenoxy) is 2. The highest BCUT2D eigenvalue weighted by molar-refractivity contribution is 9.10. The highest BCUT2D eigenvalue weighted by Crippen LogP contribution is 2.36. The monoisotopic (exact) mass is 665 g/mol. The first kappa shape index (κ1) is 30.6. The number of benzene rings is 3. The quantitative estimate of drug-likeness (QED) is 0.153. The second-order valence-corrected chi connectivity index (χ2v) is 10.5. The van der Waals surface area contributed by atoms with Gasteiger partial charge >= 0.3 is 6.18 Å². The third-order valence-corrected chi connectivity index (χ3v) is 7.30. The molecule has 1 saturated heterocycles. The molecule has 1 aliphatic rings. The van der Waals surface area contributed by atoms with Crippen molar-refractivity contribution in [1.82, 2.24) is 4.90 Å². The lowest BCUT2D eigenvalue weighted by atomic mass is 10.1. The molecule has 1 heterocycles. The van der Waals surface area contributed by atoms with Crippen LogP contribution in [0.2, 0.25) is 0 Å². The Morgan fingerprint density at radius 3 is 2.40 bits per heavy atom. The second kappa shape index (κ2) is 12.7. The van der Waals surface area contributed by atoms with E-state index < -0.39 is 40.3 Å². The molecule has 15 heteroatoms. The molecular weight excluding hydrogens is 647 g/mol. The summed E-state index contributed by atoms with van der Waals surface area (Å²) in [6.07, 6.45) is -3.21. The van der Waals surface area contributed by atoms with Crippen molar-refractivity contribution in [3.63, 3.8) is 0 Å². The lowest BCUT2D eigenvalue weighted by molar-refractivity contribution is -0.384. The number of alkyl halides is 3. The second-order valence-electron chi connectivity index (χ2n) is 8.63. The van der Waals surface area contributed by atoms with Gasteiger partial charge in [-0.2, -0.15) is 13.2 Å². The summed E-state index contributed by atoms with van der Waals surface area (Å²) in [5.74, 6) is -1.21. The minimum atomic E-state index is -4.66. The van der Waals surface area contributed by atoms with E-state index in [1.54, 1.807) is 30.3 Å². The molecule has 0 saturated carbocycles. The fourth-order valence-corrected chi connectivity index (χ4v) is 5.05. The first-order chi connectivity index (χ1) is 19.8. The molecule has 0 unspecified atom stereocenters. The van der Waals surface area contributed by atoms with Crippen molar-refractivity contribution >= 4 is 62.2 Å². The maximum atomic E-state index is 13.1. The largest absolute Gasteiger partial charge is 0.495 e. The summed E-state index contributed by atoms with van der Waals surface area (Å²) in [6, 6.07) is 13.3. The van der Waals surface area contributed by atoms with Crippen LogP contribution in [-0.2, 0) is 22.4 Å². The van der Waals surface area contributed by atoms with Crippen molar-refractivity contribution < 1.29 is 42.0 Å². The molecule has 1 fully saturated rings. The van der Waals surface area contributed by atoms with Crippen LogP contribution in [0.25, 0.3) is 6.08 Å². The maximum Gasteiger partial charge on any atom is 0.416 e. The van der Waals surface area contributed by atoms with Crippen LogP contribution in [0.1, 0.15) is 16.7 Å². The van der Waals surface area contributed by atoms with E-state index in [-0.39, 0.29) is 28.6 Å². The number of carbonyl (C=O) groups excluding carboxylic acids is 3. The Balaban J connectivity index is 1.40. The Morgan fingerprint density at radius 2 is 1.79 bits per heavy atom. The van der Waals surface area contributed by atoms with Crippen molar-refractivity contribution in [2.45, 2.75) is 12.8 Å². The van der Waals surface area contributed by atoms with Gasteiger partial charge in [0.1, 0.15) is 24.7 Å². The molecule has 1 N–H and O–H groups in total. The number of thioether (sulfide) groups is 1. The van der Waals surface area contributed by atoms with Crippen LogP contribution < -0.4 is 14.8 Å². The predicted octanol–water partition coefficient (Wildman–Crippen LogP) is 6.64. The van der Waals surface area contributed by atoms with Crippen LogP contribution >= 0.6 is 27.7 Å². The third-order valence-electron chi connectivity index (χ3n) is 5.77. The number of anilines is 1. The molecule has 218 valence electrons. The Kier molecular flexibility index (Phi) is 9.21. The third kappa shape index (κ3) is 7.28. The van der Waals surface area contributed by atoms with Crippen LogP contribution in [-0.4, -0.2) is 40.5 Å². The van der Waals surface area contributed by atoms with E-state index >= 15 is 0 Å². The van der Waals surface area contributed by atoms with Crippen molar-refractivity contribution in [1.29, 1.82) is 0 Å². The molecule has 4 rings (SSSR count). The van der Waals surface area contributed by atoms with E-state index in [9.17, 15) is 37.7 Å². The first-order valence-electron chi connectivity index (χ1n) is 11.8. The lowest BCUT2D eigenvalue weighted by Gasteiger charge is -2.16. The number of carbonyl (C=O) groups is 3. The number of rotatable bonds is 9. The van der Waals surface area contributed by atoms with Gasteiger partial charge in [-0.05, 0) is 87.4 Å². The molecule has 0 radical (unpaired) electrons. The number of methoxy groups -OCH3 is 1. The zero-order valence-corrected chi connectivity index (χ0v) is 23.8. The number of hydrogen-bond acceptors (Lipinski definition) is 8. The van der Waals surface area contributed by atoms with Gasteiger partial charge in [0.15, 0.2) is 0 Å². The highest BCUT2D eigenvalue weighted by Gasteiger charge is 2.37. The van der Waals surface area contributed by atoms with Gasteiger partial charge < -0.3 is 14.8 Å². The average Bonchev–Trinajstić information content (AvgIpc) is 3.19.